The van der Waals surface area contributed by atoms with Crippen LogP contribution in [-0.2, 0) is 11.2 Å². The van der Waals surface area contributed by atoms with E-state index in [-0.39, 0.29) is 35.0 Å². The van der Waals surface area contributed by atoms with Crippen LogP contribution in [0.15, 0.2) is 41.0 Å². The molecule has 1 aromatic heterocycles. The molecule has 1 atom stereocenters. The Kier molecular flexibility index (Phi) is 7.26. The van der Waals surface area contributed by atoms with Crippen molar-refractivity contribution in [3.05, 3.63) is 47.9 Å². The van der Waals surface area contributed by atoms with Gasteiger partial charge in [-0.3, -0.25) is 9.59 Å². The van der Waals surface area contributed by atoms with Gasteiger partial charge >= 0.3 is 6.61 Å². The Balaban J connectivity index is 1.50. The lowest BCUT2D eigenvalue weighted by atomic mass is 9.96. The smallest absolute Gasteiger partial charge is 0.387 e. The summed E-state index contributed by atoms with van der Waals surface area (Å²) in [5.74, 6) is -0.173. The Labute approximate surface area is 172 Å². The molecule has 0 unspecified atom stereocenters. The largest absolute Gasteiger partial charge is 0.493 e. The van der Waals surface area contributed by atoms with Crippen molar-refractivity contribution >= 4 is 11.8 Å². The molecule has 0 radical (unpaired) electrons. The second-order valence-corrected chi connectivity index (χ2v) is 6.97. The minimum Gasteiger partial charge on any atom is -0.493 e. The maximum absolute atomic E-state index is 12.5. The molecule has 9 heteroatoms. The van der Waals surface area contributed by atoms with Gasteiger partial charge in [0.2, 0.25) is 5.91 Å². The third-order valence-corrected chi connectivity index (χ3v) is 4.97. The average molecular weight is 422 g/mol. The van der Waals surface area contributed by atoms with E-state index in [0.717, 1.165) is 12.0 Å². The van der Waals surface area contributed by atoms with Crippen molar-refractivity contribution in [2.45, 2.75) is 25.9 Å². The van der Waals surface area contributed by atoms with Gasteiger partial charge in [0.25, 0.3) is 5.91 Å². The predicted molar refractivity (Wildman–Crippen MR) is 104 cm³/mol. The zero-order valence-electron chi connectivity index (χ0n) is 16.6. The monoisotopic (exact) mass is 422 g/mol. The van der Waals surface area contributed by atoms with E-state index in [0.29, 0.717) is 32.5 Å². The Hall–Kier alpha value is -3.10. The van der Waals surface area contributed by atoms with Gasteiger partial charge < -0.3 is 24.1 Å². The van der Waals surface area contributed by atoms with Gasteiger partial charge in [-0.25, -0.2) is 0 Å². The molecular weight excluding hydrogens is 398 g/mol. The molecule has 1 aliphatic heterocycles. The number of amides is 2. The van der Waals surface area contributed by atoms with Gasteiger partial charge in [-0.05, 0) is 49.1 Å². The average Bonchev–Trinajstić information content (AvgIpc) is 3.28. The third-order valence-electron chi connectivity index (χ3n) is 4.97. The lowest BCUT2D eigenvalue weighted by Crippen LogP contribution is -2.45. The van der Waals surface area contributed by atoms with Gasteiger partial charge in [0.15, 0.2) is 17.3 Å². The number of halogens is 2. The summed E-state index contributed by atoms with van der Waals surface area (Å²) in [5, 5.41) is 2.89. The number of nitrogens with zero attached hydrogens (tertiary/aromatic N) is 1. The zero-order valence-corrected chi connectivity index (χ0v) is 16.6. The van der Waals surface area contributed by atoms with Gasteiger partial charge in [-0.2, -0.15) is 8.78 Å². The maximum Gasteiger partial charge on any atom is 0.387 e. The van der Waals surface area contributed by atoms with Crippen LogP contribution in [0.5, 0.6) is 11.5 Å². The quantitative estimate of drug-likeness (QED) is 0.707. The molecule has 0 aliphatic carbocycles. The van der Waals surface area contributed by atoms with Crippen molar-refractivity contribution in [3.63, 3.8) is 0 Å². The summed E-state index contributed by atoms with van der Waals surface area (Å²) in [6.45, 7) is -1.62. The number of nitrogens with one attached hydrogen (secondary N) is 1. The number of furan rings is 1. The second kappa shape index (κ2) is 10.1. The second-order valence-electron chi connectivity index (χ2n) is 6.97. The number of likely N-dealkylation sites (tertiary alicyclic amines) is 1. The first-order chi connectivity index (χ1) is 14.5. The molecule has 162 valence electrons. The number of carbonyl (C=O) groups excluding carboxylic acids is 2. The highest BCUT2D eigenvalue weighted by atomic mass is 19.3. The fourth-order valence-electron chi connectivity index (χ4n) is 3.47. The highest BCUT2D eigenvalue weighted by molar-refractivity contribution is 5.92. The summed E-state index contributed by atoms with van der Waals surface area (Å²) in [6.07, 6.45) is 3.40. The van der Waals surface area contributed by atoms with Gasteiger partial charge in [-0.1, -0.05) is 6.07 Å². The molecule has 1 N–H and O–H groups in total. The Morgan fingerprint density at radius 2 is 2.13 bits per heavy atom. The third kappa shape index (κ3) is 5.49. The van der Waals surface area contributed by atoms with Crippen LogP contribution in [0, 0.1) is 5.92 Å². The summed E-state index contributed by atoms with van der Waals surface area (Å²) < 4.78 is 39.5. The summed E-state index contributed by atoms with van der Waals surface area (Å²) in [4.78, 5) is 26.6. The Morgan fingerprint density at radius 3 is 2.83 bits per heavy atom. The lowest BCUT2D eigenvalue weighted by Gasteiger charge is -2.31. The lowest BCUT2D eigenvalue weighted by molar-refractivity contribution is -0.126. The fraction of sp³-hybridized carbons (Fsp3) is 0.429. The molecular formula is C21H24F2N2O5. The first-order valence-electron chi connectivity index (χ1n) is 9.70. The van der Waals surface area contributed by atoms with E-state index in [1.54, 1.807) is 29.2 Å². The SMILES string of the molecule is COc1cc(CCNC(=O)[C@@H]2CCCN(C(=O)c3ccco3)C2)ccc1OC(F)F. The maximum atomic E-state index is 12.5. The van der Waals surface area contributed by atoms with E-state index < -0.39 is 6.61 Å². The molecule has 0 saturated carbocycles. The Bertz CT molecular complexity index is 857. The van der Waals surface area contributed by atoms with Crippen molar-refractivity contribution < 1.29 is 32.3 Å². The van der Waals surface area contributed by atoms with Crippen LogP contribution in [0.4, 0.5) is 8.78 Å². The molecule has 1 fully saturated rings. The predicted octanol–water partition coefficient (Wildman–Crippen LogP) is 3.10. The highest BCUT2D eigenvalue weighted by Crippen LogP contribution is 2.29. The van der Waals surface area contributed by atoms with Crippen molar-refractivity contribution in [2.75, 3.05) is 26.7 Å². The summed E-state index contributed by atoms with van der Waals surface area (Å²) in [6, 6.07) is 7.94. The molecule has 2 amide bonds. The molecule has 7 nitrogen and oxygen atoms in total. The topological polar surface area (TPSA) is 81.0 Å². The normalized spacial score (nSPS) is 16.4. The number of alkyl halides is 2. The number of hydrogen-bond donors (Lipinski definition) is 1. The molecule has 30 heavy (non-hydrogen) atoms. The number of ether oxygens (including phenoxy) is 2. The van der Waals surface area contributed by atoms with Crippen LogP contribution in [0.1, 0.15) is 29.0 Å². The van der Waals surface area contributed by atoms with Gasteiger partial charge in [-0.15, -0.1) is 0 Å². The first-order valence-corrected chi connectivity index (χ1v) is 9.70. The molecule has 1 aliphatic rings. The van der Waals surface area contributed by atoms with Gasteiger partial charge in [0.1, 0.15) is 0 Å². The molecule has 1 aromatic carbocycles. The van der Waals surface area contributed by atoms with Crippen LogP contribution in [-0.4, -0.2) is 50.1 Å². The van der Waals surface area contributed by atoms with Crippen LogP contribution in [0.25, 0.3) is 0 Å². The van der Waals surface area contributed by atoms with Gasteiger partial charge in [0, 0.05) is 19.6 Å². The minimum atomic E-state index is -2.93. The number of rotatable bonds is 8. The van der Waals surface area contributed by atoms with Crippen molar-refractivity contribution in [1.82, 2.24) is 10.2 Å². The summed E-state index contributed by atoms with van der Waals surface area (Å²) >= 11 is 0. The fourth-order valence-corrected chi connectivity index (χ4v) is 3.47. The zero-order chi connectivity index (χ0) is 21.5. The van der Waals surface area contributed by atoms with E-state index in [1.165, 1.54) is 19.4 Å². The van der Waals surface area contributed by atoms with Crippen molar-refractivity contribution in [3.8, 4) is 11.5 Å². The molecule has 0 bridgehead atoms. The van der Waals surface area contributed by atoms with Crippen molar-refractivity contribution in [2.24, 2.45) is 5.92 Å². The van der Waals surface area contributed by atoms with Crippen LogP contribution in [0.3, 0.4) is 0 Å². The van der Waals surface area contributed by atoms with E-state index in [4.69, 9.17) is 9.15 Å². The van der Waals surface area contributed by atoms with Crippen LogP contribution >= 0.6 is 0 Å². The van der Waals surface area contributed by atoms with Crippen LogP contribution < -0.4 is 14.8 Å². The Morgan fingerprint density at radius 1 is 1.30 bits per heavy atom. The number of benzene rings is 1. The molecule has 3 rings (SSSR count). The summed E-state index contributed by atoms with van der Waals surface area (Å²) in [5.41, 5.74) is 0.812. The molecule has 2 heterocycles. The van der Waals surface area contributed by atoms with E-state index in [1.807, 2.05) is 0 Å². The molecule has 0 spiro atoms. The number of carbonyl (C=O) groups is 2. The number of methoxy groups -OCH3 is 1. The van der Waals surface area contributed by atoms with Gasteiger partial charge in [0.05, 0.1) is 19.3 Å². The van der Waals surface area contributed by atoms with E-state index in [2.05, 4.69) is 10.1 Å². The summed E-state index contributed by atoms with van der Waals surface area (Å²) in [7, 11) is 1.37. The first kappa shape index (κ1) is 21.6. The molecule has 1 saturated heterocycles. The van der Waals surface area contributed by atoms with E-state index in [9.17, 15) is 18.4 Å². The minimum absolute atomic E-state index is 0.0381. The number of piperidine rings is 1. The van der Waals surface area contributed by atoms with Crippen LogP contribution in [0.2, 0.25) is 0 Å². The van der Waals surface area contributed by atoms with E-state index >= 15 is 0 Å². The highest BCUT2D eigenvalue weighted by Gasteiger charge is 2.29. The molecule has 2 aromatic rings. The number of hydrogen-bond acceptors (Lipinski definition) is 5. The van der Waals surface area contributed by atoms with Crippen molar-refractivity contribution in [1.29, 1.82) is 0 Å². The standard InChI is InChI=1S/C21H24F2N2O5/c1-28-18-12-14(6-7-16(18)30-21(22)23)8-9-24-19(26)15-4-2-10-25(13-15)20(27)17-5-3-11-29-17/h3,5-7,11-12,15,21H,2,4,8-10,13H2,1H3,(H,24,26)/t15-/m1/s1.